The minimum atomic E-state index is -1.64. The molecule has 0 radical (unpaired) electrons. The maximum absolute atomic E-state index is 12.2. The van der Waals surface area contributed by atoms with Crippen molar-refractivity contribution in [2.24, 2.45) is 5.92 Å². The molecule has 4 atom stereocenters. The molecule has 3 rings (SSSR count). The molecule has 0 aliphatic carbocycles. The number of carbonyl (C=O) groups is 2. The average molecular weight is 390 g/mol. The second-order valence-corrected chi connectivity index (χ2v) is 7.86. The number of ether oxygens (including phenoxy) is 2. The Morgan fingerprint density at radius 2 is 2.14 bits per heavy atom. The molecule has 0 saturated carbocycles. The van der Waals surface area contributed by atoms with Gasteiger partial charge in [0.15, 0.2) is 0 Å². The average Bonchev–Trinajstić information content (AvgIpc) is 3.19. The lowest BCUT2D eigenvalue weighted by Crippen LogP contribution is -2.36. The second kappa shape index (κ2) is 7.56. The lowest BCUT2D eigenvalue weighted by molar-refractivity contribution is -0.145. The summed E-state index contributed by atoms with van der Waals surface area (Å²) in [4.78, 5) is 24.4. The molecule has 0 aromatic carbocycles. The highest BCUT2D eigenvalue weighted by Gasteiger charge is 2.40. The molecule has 4 bridgehead atoms. The molecule has 0 saturated heterocycles. The number of hydrogen-bond donors (Lipinski definition) is 2. The third-order valence-electron chi connectivity index (χ3n) is 5.50. The fourth-order valence-corrected chi connectivity index (χ4v) is 3.75. The van der Waals surface area contributed by atoms with Gasteiger partial charge in [-0.2, -0.15) is 0 Å². The van der Waals surface area contributed by atoms with E-state index in [1.165, 1.54) is 20.1 Å². The van der Waals surface area contributed by atoms with Gasteiger partial charge in [0.2, 0.25) is 0 Å². The van der Waals surface area contributed by atoms with Crippen molar-refractivity contribution in [3.05, 3.63) is 47.0 Å². The first-order valence-corrected chi connectivity index (χ1v) is 9.30. The molecular formula is C21H26O7. The van der Waals surface area contributed by atoms with Crippen molar-refractivity contribution < 1.29 is 33.7 Å². The largest absolute Gasteiger partial charge is 0.465 e. The van der Waals surface area contributed by atoms with Crippen LogP contribution in [0.1, 0.15) is 61.1 Å². The monoisotopic (exact) mass is 390 g/mol. The topological polar surface area (TPSA) is 106 Å². The first kappa shape index (κ1) is 20.4. The lowest BCUT2D eigenvalue weighted by atomic mass is 9.88. The Labute approximate surface area is 163 Å². The van der Waals surface area contributed by atoms with E-state index in [-0.39, 0.29) is 23.7 Å². The number of rotatable bonds is 2. The van der Waals surface area contributed by atoms with Crippen molar-refractivity contribution in [1.29, 1.82) is 0 Å². The van der Waals surface area contributed by atoms with E-state index < -0.39 is 29.7 Å². The van der Waals surface area contributed by atoms with E-state index in [0.717, 1.165) is 5.57 Å². The number of hydrogen-bond acceptors (Lipinski definition) is 7. The molecule has 1 aromatic rings. The van der Waals surface area contributed by atoms with Crippen LogP contribution < -0.4 is 0 Å². The zero-order valence-electron chi connectivity index (χ0n) is 16.4. The van der Waals surface area contributed by atoms with E-state index in [1.807, 2.05) is 6.92 Å². The minimum absolute atomic E-state index is 0.00306. The third kappa shape index (κ3) is 3.91. The number of allylic oxidation sites excluding steroid dienone is 1. The zero-order valence-corrected chi connectivity index (χ0v) is 16.4. The molecule has 0 fully saturated rings. The van der Waals surface area contributed by atoms with Gasteiger partial charge in [-0.3, -0.25) is 0 Å². The molecule has 7 nitrogen and oxygen atoms in total. The van der Waals surface area contributed by atoms with Gasteiger partial charge in [-0.1, -0.05) is 12.2 Å². The van der Waals surface area contributed by atoms with Gasteiger partial charge < -0.3 is 24.1 Å². The van der Waals surface area contributed by atoms with Crippen molar-refractivity contribution in [1.82, 2.24) is 0 Å². The molecule has 28 heavy (non-hydrogen) atoms. The highest BCUT2D eigenvalue weighted by molar-refractivity contribution is 5.91. The van der Waals surface area contributed by atoms with Crippen molar-refractivity contribution >= 4 is 11.9 Å². The number of aliphatic hydroxyl groups is 2. The summed E-state index contributed by atoms with van der Waals surface area (Å²) in [6.07, 6.45) is 1.13. The van der Waals surface area contributed by atoms with Gasteiger partial charge in [-0.05, 0) is 44.7 Å². The number of esters is 2. The SMILES string of the molecule is C=C(C)C1CCC2=CC(CC(C)(O)C(O)c3cc(C(=O)OC)c(o3)C1)OC2=O. The smallest absolute Gasteiger partial charge is 0.341 e. The lowest BCUT2D eigenvalue weighted by Gasteiger charge is -2.29. The fourth-order valence-electron chi connectivity index (χ4n) is 3.75. The predicted octanol–water partition coefficient (Wildman–Crippen LogP) is 2.62. The number of furan rings is 1. The zero-order chi connectivity index (χ0) is 20.6. The number of methoxy groups -OCH3 is 1. The summed E-state index contributed by atoms with van der Waals surface area (Å²) >= 11 is 0. The Balaban J connectivity index is 2.06. The molecular weight excluding hydrogens is 364 g/mol. The maximum Gasteiger partial charge on any atom is 0.341 e. The van der Waals surface area contributed by atoms with Crippen LogP contribution in [0.3, 0.4) is 0 Å². The molecule has 0 spiro atoms. The summed E-state index contributed by atoms with van der Waals surface area (Å²) in [5.74, 6) is -0.598. The summed E-state index contributed by atoms with van der Waals surface area (Å²) < 4.78 is 16.0. The molecule has 2 N–H and O–H groups in total. The maximum atomic E-state index is 12.2. The molecule has 3 heterocycles. The van der Waals surface area contributed by atoms with Gasteiger partial charge in [0.25, 0.3) is 0 Å². The van der Waals surface area contributed by atoms with Crippen LogP contribution in [0.15, 0.2) is 34.3 Å². The van der Waals surface area contributed by atoms with Crippen LogP contribution in [0.4, 0.5) is 0 Å². The van der Waals surface area contributed by atoms with Gasteiger partial charge in [-0.15, -0.1) is 0 Å². The highest BCUT2D eigenvalue weighted by Crippen LogP contribution is 2.37. The molecule has 152 valence electrons. The van der Waals surface area contributed by atoms with E-state index in [1.54, 1.807) is 6.08 Å². The molecule has 0 amide bonds. The standard InChI is InChI=1S/C21H26O7/c1-11(2)12-5-6-13-7-14(27-19(13)23)10-21(3,25)18(22)17-9-15(20(24)26-4)16(8-12)28-17/h7,9,12,14,18,22,25H,1,5-6,8,10H2,2-4H3. The Bertz CT molecular complexity index is 830. The van der Waals surface area contributed by atoms with E-state index >= 15 is 0 Å². The van der Waals surface area contributed by atoms with Crippen LogP contribution in [-0.4, -0.2) is 41.0 Å². The molecule has 1 aromatic heterocycles. The Morgan fingerprint density at radius 3 is 2.79 bits per heavy atom. The molecule has 7 heteroatoms. The van der Waals surface area contributed by atoms with Crippen molar-refractivity contribution in [2.75, 3.05) is 7.11 Å². The Kier molecular flexibility index (Phi) is 5.50. The van der Waals surface area contributed by atoms with Crippen LogP contribution in [0, 0.1) is 5.92 Å². The van der Waals surface area contributed by atoms with Crippen molar-refractivity contribution in [2.45, 2.75) is 57.3 Å². The van der Waals surface area contributed by atoms with E-state index in [2.05, 4.69) is 6.58 Å². The fraction of sp³-hybridized carbons (Fsp3) is 0.524. The van der Waals surface area contributed by atoms with Gasteiger partial charge in [0, 0.05) is 18.4 Å². The van der Waals surface area contributed by atoms with Gasteiger partial charge >= 0.3 is 11.9 Å². The van der Waals surface area contributed by atoms with E-state index in [9.17, 15) is 19.8 Å². The van der Waals surface area contributed by atoms with Crippen LogP contribution in [0.2, 0.25) is 0 Å². The Morgan fingerprint density at radius 1 is 1.43 bits per heavy atom. The van der Waals surface area contributed by atoms with Crippen molar-refractivity contribution in [3.8, 4) is 0 Å². The summed E-state index contributed by atoms with van der Waals surface area (Å²) in [5, 5.41) is 21.5. The van der Waals surface area contributed by atoms with Gasteiger partial charge in [-0.25, -0.2) is 9.59 Å². The van der Waals surface area contributed by atoms with E-state index in [0.29, 0.717) is 30.6 Å². The quantitative estimate of drug-likeness (QED) is 0.590. The third-order valence-corrected chi connectivity index (χ3v) is 5.50. The van der Waals surface area contributed by atoms with Crippen LogP contribution in [0.5, 0.6) is 0 Å². The summed E-state index contributed by atoms with van der Waals surface area (Å²) in [5.41, 5.74) is 0.0134. The molecule has 2 aliphatic rings. The first-order chi connectivity index (χ1) is 13.1. The highest BCUT2D eigenvalue weighted by atomic mass is 16.5. The van der Waals surface area contributed by atoms with E-state index in [4.69, 9.17) is 13.9 Å². The number of carbonyl (C=O) groups excluding carboxylic acids is 2. The predicted molar refractivity (Wildman–Crippen MR) is 99.5 cm³/mol. The summed E-state index contributed by atoms with van der Waals surface area (Å²) in [7, 11) is 1.27. The number of fused-ring (bicyclic) bond motifs is 3. The molecule has 4 unspecified atom stereocenters. The second-order valence-electron chi connectivity index (χ2n) is 7.86. The molecule has 2 aliphatic heterocycles. The summed E-state index contributed by atoms with van der Waals surface area (Å²) in [6.45, 7) is 7.34. The van der Waals surface area contributed by atoms with Crippen LogP contribution in [0.25, 0.3) is 0 Å². The van der Waals surface area contributed by atoms with Crippen molar-refractivity contribution in [3.63, 3.8) is 0 Å². The minimum Gasteiger partial charge on any atom is -0.465 e. The first-order valence-electron chi connectivity index (χ1n) is 9.30. The van der Waals surface area contributed by atoms with Crippen LogP contribution >= 0.6 is 0 Å². The normalized spacial score (nSPS) is 30.4. The van der Waals surface area contributed by atoms with Gasteiger partial charge in [0.1, 0.15) is 29.3 Å². The van der Waals surface area contributed by atoms with Gasteiger partial charge in [0.05, 0.1) is 12.7 Å². The summed E-state index contributed by atoms with van der Waals surface area (Å²) in [6, 6.07) is 1.41. The number of aliphatic hydroxyl groups excluding tert-OH is 1. The van der Waals surface area contributed by atoms with Crippen LogP contribution in [-0.2, 0) is 20.7 Å². The Hall–Kier alpha value is -2.38.